The predicted molar refractivity (Wildman–Crippen MR) is 112 cm³/mol. The lowest BCUT2D eigenvalue weighted by Gasteiger charge is -2.13. The van der Waals surface area contributed by atoms with Gasteiger partial charge in [0, 0.05) is 10.6 Å². The minimum absolute atomic E-state index is 0.0153. The summed E-state index contributed by atoms with van der Waals surface area (Å²) in [4.78, 5) is 13.5. The van der Waals surface area contributed by atoms with Gasteiger partial charge < -0.3 is 10.1 Å². The number of carbonyl (C=O) groups excluding carboxylic acids is 1. The lowest BCUT2D eigenvalue weighted by Crippen LogP contribution is -2.22. The van der Waals surface area contributed by atoms with Crippen molar-refractivity contribution in [3.63, 3.8) is 0 Å². The quantitative estimate of drug-likeness (QED) is 0.537. The van der Waals surface area contributed by atoms with E-state index in [4.69, 9.17) is 4.74 Å². The van der Waals surface area contributed by atoms with Crippen LogP contribution in [0.15, 0.2) is 83.8 Å². The smallest absolute Gasteiger partial charge is 0.237 e. The van der Waals surface area contributed by atoms with Crippen molar-refractivity contribution < 1.29 is 9.53 Å². The van der Waals surface area contributed by atoms with Gasteiger partial charge in [-0.25, -0.2) is 0 Å². The molecule has 27 heavy (non-hydrogen) atoms. The van der Waals surface area contributed by atoms with E-state index in [9.17, 15) is 4.79 Å². The molecule has 1 N–H and O–H groups in total. The lowest BCUT2D eigenvalue weighted by atomic mass is 10.2. The highest BCUT2D eigenvalue weighted by molar-refractivity contribution is 8.00. The van der Waals surface area contributed by atoms with Crippen LogP contribution in [0.3, 0.4) is 0 Å². The van der Waals surface area contributed by atoms with Crippen molar-refractivity contribution in [2.75, 3.05) is 5.32 Å². The van der Waals surface area contributed by atoms with E-state index in [0.717, 1.165) is 21.9 Å². The van der Waals surface area contributed by atoms with Gasteiger partial charge in [0.15, 0.2) is 0 Å². The van der Waals surface area contributed by atoms with Crippen LogP contribution in [0.4, 0.5) is 5.69 Å². The molecule has 3 aromatic carbocycles. The molecule has 0 aliphatic rings. The number of rotatable bonds is 7. The number of amides is 1. The number of benzene rings is 3. The van der Waals surface area contributed by atoms with Crippen LogP contribution >= 0.6 is 11.8 Å². The Morgan fingerprint density at radius 2 is 1.63 bits per heavy atom. The molecular formula is C23H23NO2S. The highest BCUT2D eigenvalue weighted by Gasteiger charge is 2.14. The van der Waals surface area contributed by atoms with Gasteiger partial charge in [-0.05, 0) is 55.8 Å². The van der Waals surface area contributed by atoms with E-state index in [1.807, 2.05) is 73.7 Å². The van der Waals surface area contributed by atoms with Gasteiger partial charge in [0.05, 0.1) is 5.25 Å². The van der Waals surface area contributed by atoms with Crippen molar-refractivity contribution in [3.8, 4) is 5.75 Å². The molecule has 0 saturated carbocycles. The summed E-state index contributed by atoms with van der Waals surface area (Å²) in [6.07, 6.45) is 0. The summed E-state index contributed by atoms with van der Waals surface area (Å²) >= 11 is 1.55. The Morgan fingerprint density at radius 3 is 2.30 bits per heavy atom. The van der Waals surface area contributed by atoms with Crippen molar-refractivity contribution in [2.24, 2.45) is 0 Å². The fourth-order valence-electron chi connectivity index (χ4n) is 2.49. The van der Waals surface area contributed by atoms with Gasteiger partial charge in [-0.3, -0.25) is 4.79 Å². The third-order valence-corrected chi connectivity index (χ3v) is 5.19. The molecule has 0 aliphatic heterocycles. The SMILES string of the molecule is Cc1ccc(SC(C)C(=O)Nc2ccc(OCc3ccccc3)cc2)cc1. The van der Waals surface area contributed by atoms with Crippen molar-refractivity contribution in [1.82, 2.24) is 0 Å². The first kappa shape index (κ1) is 19.1. The molecule has 0 aliphatic carbocycles. The monoisotopic (exact) mass is 377 g/mol. The van der Waals surface area contributed by atoms with Crippen LogP contribution in [-0.2, 0) is 11.4 Å². The maximum atomic E-state index is 12.4. The summed E-state index contributed by atoms with van der Waals surface area (Å²) in [5.74, 6) is 0.762. The van der Waals surface area contributed by atoms with E-state index in [-0.39, 0.29) is 11.2 Å². The van der Waals surface area contributed by atoms with Crippen LogP contribution in [0.5, 0.6) is 5.75 Å². The molecule has 0 radical (unpaired) electrons. The zero-order valence-electron chi connectivity index (χ0n) is 15.5. The molecule has 0 aromatic heterocycles. The van der Waals surface area contributed by atoms with Gasteiger partial charge in [-0.15, -0.1) is 11.8 Å². The van der Waals surface area contributed by atoms with Gasteiger partial charge in [0.25, 0.3) is 0 Å². The normalized spacial score (nSPS) is 11.6. The van der Waals surface area contributed by atoms with E-state index in [1.54, 1.807) is 11.8 Å². The second-order valence-corrected chi connectivity index (χ2v) is 7.78. The van der Waals surface area contributed by atoms with Crippen LogP contribution < -0.4 is 10.1 Å². The van der Waals surface area contributed by atoms with E-state index in [2.05, 4.69) is 24.4 Å². The first-order valence-corrected chi connectivity index (χ1v) is 9.79. The van der Waals surface area contributed by atoms with Gasteiger partial charge in [0.2, 0.25) is 5.91 Å². The zero-order chi connectivity index (χ0) is 19.1. The Balaban J connectivity index is 1.51. The number of carbonyl (C=O) groups is 1. The average Bonchev–Trinajstić information content (AvgIpc) is 2.70. The van der Waals surface area contributed by atoms with Gasteiger partial charge in [0.1, 0.15) is 12.4 Å². The first-order valence-electron chi connectivity index (χ1n) is 8.91. The molecule has 3 nitrogen and oxygen atoms in total. The molecule has 138 valence electrons. The van der Waals surface area contributed by atoms with E-state index < -0.39 is 0 Å². The maximum Gasteiger partial charge on any atom is 0.237 e. The minimum atomic E-state index is -0.179. The number of anilines is 1. The van der Waals surface area contributed by atoms with Crippen molar-refractivity contribution in [3.05, 3.63) is 90.0 Å². The van der Waals surface area contributed by atoms with Crippen LogP contribution in [-0.4, -0.2) is 11.2 Å². The number of aryl methyl sites for hydroxylation is 1. The lowest BCUT2D eigenvalue weighted by molar-refractivity contribution is -0.115. The molecule has 1 atom stereocenters. The van der Waals surface area contributed by atoms with Crippen molar-refractivity contribution in [2.45, 2.75) is 30.6 Å². The molecule has 1 amide bonds. The second-order valence-electron chi connectivity index (χ2n) is 6.36. The molecular weight excluding hydrogens is 354 g/mol. The van der Waals surface area contributed by atoms with Crippen LogP contribution in [0.2, 0.25) is 0 Å². The standard InChI is InChI=1S/C23H23NO2S/c1-17-8-14-22(15-9-17)27-18(2)23(25)24-20-10-12-21(13-11-20)26-16-19-6-4-3-5-7-19/h3-15,18H,16H2,1-2H3,(H,24,25). The summed E-state index contributed by atoms with van der Waals surface area (Å²) in [6, 6.07) is 25.7. The van der Waals surface area contributed by atoms with Crippen LogP contribution in [0.1, 0.15) is 18.1 Å². The Morgan fingerprint density at radius 1 is 0.963 bits per heavy atom. The van der Waals surface area contributed by atoms with Gasteiger partial charge >= 0.3 is 0 Å². The largest absolute Gasteiger partial charge is 0.489 e. The molecule has 1 unspecified atom stereocenters. The van der Waals surface area contributed by atoms with Crippen molar-refractivity contribution in [1.29, 1.82) is 0 Å². The third kappa shape index (κ3) is 5.90. The maximum absolute atomic E-state index is 12.4. The summed E-state index contributed by atoms with van der Waals surface area (Å²) < 4.78 is 5.77. The van der Waals surface area contributed by atoms with E-state index in [1.165, 1.54) is 5.56 Å². The molecule has 0 bridgehead atoms. The first-order chi connectivity index (χ1) is 13.1. The fraction of sp³-hybridized carbons (Fsp3) is 0.174. The number of nitrogens with one attached hydrogen (secondary N) is 1. The fourth-order valence-corrected chi connectivity index (χ4v) is 3.36. The Kier molecular flexibility index (Phi) is 6.55. The molecule has 3 rings (SSSR count). The van der Waals surface area contributed by atoms with E-state index in [0.29, 0.717) is 6.61 Å². The Hall–Kier alpha value is -2.72. The third-order valence-electron chi connectivity index (χ3n) is 4.07. The number of hydrogen-bond donors (Lipinski definition) is 1. The van der Waals surface area contributed by atoms with Crippen LogP contribution in [0.25, 0.3) is 0 Å². The number of hydrogen-bond acceptors (Lipinski definition) is 3. The topological polar surface area (TPSA) is 38.3 Å². The highest BCUT2D eigenvalue weighted by atomic mass is 32.2. The molecule has 0 heterocycles. The molecule has 0 spiro atoms. The summed E-state index contributed by atoms with van der Waals surface area (Å²) in [5.41, 5.74) is 3.10. The van der Waals surface area contributed by atoms with Crippen molar-refractivity contribution >= 4 is 23.4 Å². The average molecular weight is 378 g/mol. The minimum Gasteiger partial charge on any atom is -0.489 e. The van der Waals surface area contributed by atoms with Crippen LogP contribution in [0, 0.1) is 6.92 Å². The summed E-state index contributed by atoms with van der Waals surface area (Å²) in [7, 11) is 0. The molecule has 4 heteroatoms. The summed E-state index contributed by atoms with van der Waals surface area (Å²) in [6.45, 7) is 4.49. The number of thioether (sulfide) groups is 1. The second kappa shape index (κ2) is 9.28. The predicted octanol–water partition coefficient (Wildman–Crippen LogP) is 5.69. The highest BCUT2D eigenvalue weighted by Crippen LogP contribution is 2.25. The zero-order valence-corrected chi connectivity index (χ0v) is 16.3. The Labute approximate surface area is 164 Å². The molecule has 3 aromatic rings. The molecule has 0 fully saturated rings. The number of ether oxygens (including phenoxy) is 1. The van der Waals surface area contributed by atoms with Gasteiger partial charge in [-0.1, -0.05) is 48.0 Å². The van der Waals surface area contributed by atoms with E-state index >= 15 is 0 Å². The summed E-state index contributed by atoms with van der Waals surface area (Å²) in [5, 5.41) is 2.78. The molecule has 0 saturated heterocycles. The Bertz CT molecular complexity index is 861. The van der Waals surface area contributed by atoms with Gasteiger partial charge in [-0.2, -0.15) is 0 Å².